The number of ether oxygens (including phenoxy) is 3. The van der Waals surface area contributed by atoms with Crippen LogP contribution >= 0.6 is 46.4 Å². The number of benzene rings is 4. The Kier molecular flexibility index (Phi) is 18.8. The number of rotatable bonds is 17. The van der Waals surface area contributed by atoms with Gasteiger partial charge in [0.15, 0.2) is 0 Å². The van der Waals surface area contributed by atoms with Crippen LogP contribution in [0.2, 0.25) is 20.1 Å². The van der Waals surface area contributed by atoms with Crippen molar-refractivity contribution in [2.45, 2.75) is 73.8 Å². The fourth-order valence-corrected chi connectivity index (χ4v) is 7.08. The number of halogens is 4. The van der Waals surface area contributed by atoms with Gasteiger partial charge in [-0.2, -0.15) is 0 Å². The highest BCUT2D eigenvalue weighted by Gasteiger charge is 2.17. The molecule has 356 valence electrons. The van der Waals surface area contributed by atoms with Crippen LogP contribution in [0.1, 0.15) is 70.7 Å². The zero-order valence-electron chi connectivity index (χ0n) is 38.3. The van der Waals surface area contributed by atoms with E-state index >= 15 is 0 Å². The van der Waals surface area contributed by atoms with Gasteiger partial charge in [-0.1, -0.05) is 70.7 Å². The third-order valence-electron chi connectivity index (χ3n) is 9.51. The number of aromatic nitrogens is 4. The average molecular weight is 1000 g/mol. The van der Waals surface area contributed by atoms with Gasteiger partial charge in [-0.3, -0.25) is 18.7 Å². The predicted molar refractivity (Wildman–Crippen MR) is 271 cm³/mol. The minimum Gasteiger partial charge on any atom is -0.489 e. The minimum atomic E-state index is -1.14. The Morgan fingerprint density at radius 1 is 0.647 bits per heavy atom. The first-order chi connectivity index (χ1) is 32.3. The van der Waals surface area contributed by atoms with E-state index in [-0.39, 0.29) is 60.1 Å². The summed E-state index contributed by atoms with van der Waals surface area (Å²) < 4.78 is 19.2. The highest BCUT2D eigenvalue weighted by molar-refractivity contribution is 6.32. The first kappa shape index (κ1) is 52.4. The third-order valence-corrected chi connectivity index (χ3v) is 10.6. The molecule has 0 bridgehead atoms. The summed E-state index contributed by atoms with van der Waals surface area (Å²) in [5, 5.41) is 17.4. The Bertz CT molecular complexity index is 2930. The predicted octanol–water partition coefficient (Wildman–Crippen LogP) is 11.7. The van der Waals surface area contributed by atoms with Gasteiger partial charge in [0.05, 0.1) is 53.1 Å². The summed E-state index contributed by atoms with van der Waals surface area (Å²) in [4.78, 5) is 58.7. The van der Waals surface area contributed by atoms with Crippen molar-refractivity contribution in [2.75, 3.05) is 17.2 Å². The van der Waals surface area contributed by atoms with Crippen LogP contribution < -0.4 is 31.2 Å². The summed E-state index contributed by atoms with van der Waals surface area (Å²) in [5.74, 6) is 0.0369. The second kappa shape index (κ2) is 24.4. The van der Waals surface area contributed by atoms with Crippen LogP contribution in [0.4, 0.5) is 23.3 Å². The van der Waals surface area contributed by atoms with Gasteiger partial charge in [-0.05, 0) is 131 Å². The lowest BCUT2D eigenvalue weighted by atomic mass is 10.1. The summed E-state index contributed by atoms with van der Waals surface area (Å²) in [5.41, 5.74) is 3.45. The molecule has 2 aromatic heterocycles. The number of hydrogen-bond donors (Lipinski definition) is 3. The molecule has 0 aliphatic rings. The van der Waals surface area contributed by atoms with Crippen molar-refractivity contribution in [2.24, 2.45) is 0 Å². The molecular formula is C50H50Cl4N6O8. The Labute approximate surface area is 413 Å². The van der Waals surface area contributed by atoms with Crippen molar-refractivity contribution in [3.8, 4) is 11.5 Å². The van der Waals surface area contributed by atoms with E-state index in [0.29, 0.717) is 60.1 Å². The number of hydrogen-bond acceptors (Lipinski definition) is 11. The summed E-state index contributed by atoms with van der Waals surface area (Å²) in [7, 11) is 0. The molecule has 6 rings (SSSR count). The topological polar surface area (TPSA) is 176 Å². The van der Waals surface area contributed by atoms with Crippen LogP contribution in [0.5, 0.6) is 11.5 Å². The number of carboxylic acids is 1. The molecule has 3 N–H and O–H groups in total. The van der Waals surface area contributed by atoms with Crippen LogP contribution in [0.25, 0.3) is 11.1 Å². The summed E-state index contributed by atoms with van der Waals surface area (Å²) in [6, 6.07) is 24.7. The lowest BCUT2D eigenvalue weighted by Gasteiger charge is -2.17. The number of carbonyl (C=O) groups excluding carboxylic acids is 1. The number of carboxylic acid groups (broad SMARTS) is 1. The molecule has 18 heteroatoms. The summed E-state index contributed by atoms with van der Waals surface area (Å²) in [6.07, 6.45) is 5.01. The second-order valence-corrected chi connectivity index (χ2v) is 17.3. The Morgan fingerprint density at radius 3 is 1.40 bits per heavy atom. The molecule has 0 aliphatic heterocycles. The maximum atomic E-state index is 13.5. The zero-order valence-corrected chi connectivity index (χ0v) is 41.3. The number of aliphatic carboxylic acids is 1. The Balaban J connectivity index is 0.000000255. The number of nitrogens with one attached hydrogen (secondary N) is 2. The molecule has 0 unspecified atom stereocenters. The molecule has 14 nitrogen and oxygen atoms in total. The SMILES string of the molecule is C/C(=C\C(=O)O)c1cnc(Nc2ccc(OC(C)C)c(Cl)c2)n(Cc2ccc(Cl)cc2)c1=O.CCOC(=O)/C=C(\C)c1cnc(Nc2ccc(OC(C)C)c(Cl)c2)n(Cc2ccc(Cl)cc2)c1=O. The molecule has 0 atom stereocenters. The third kappa shape index (κ3) is 15.0. The fourth-order valence-electron chi connectivity index (χ4n) is 6.38. The first-order valence-corrected chi connectivity index (χ1v) is 22.7. The number of anilines is 4. The van der Waals surface area contributed by atoms with E-state index in [4.69, 9.17) is 65.7 Å². The largest absolute Gasteiger partial charge is 0.489 e. The lowest BCUT2D eigenvalue weighted by molar-refractivity contribution is -0.137. The van der Waals surface area contributed by atoms with Gasteiger partial charge >= 0.3 is 11.9 Å². The number of allylic oxidation sites excluding steroid dienone is 2. The molecule has 0 aliphatic carbocycles. The van der Waals surface area contributed by atoms with Gasteiger partial charge < -0.3 is 30.0 Å². The van der Waals surface area contributed by atoms with Crippen molar-refractivity contribution in [3.05, 3.63) is 173 Å². The van der Waals surface area contributed by atoms with Crippen LogP contribution in [-0.2, 0) is 27.4 Å². The van der Waals surface area contributed by atoms with E-state index in [2.05, 4.69) is 20.6 Å². The normalized spacial score (nSPS) is 11.5. The van der Waals surface area contributed by atoms with Crippen LogP contribution in [0, 0.1) is 0 Å². The van der Waals surface area contributed by atoms with Gasteiger partial charge in [0.1, 0.15) is 11.5 Å². The second-order valence-electron chi connectivity index (χ2n) is 15.6. The molecule has 0 amide bonds. The lowest BCUT2D eigenvalue weighted by Crippen LogP contribution is -2.27. The fraction of sp³-hybridized carbons (Fsp3) is 0.240. The van der Waals surface area contributed by atoms with Gasteiger partial charge in [-0.15, -0.1) is 0 Å². The number of esters is 1. The highest BCUT2D eigenvalue weighted by Crippen LogP contribution is 2.31. The standard InChI is InChI=1S/C26H27Cl2N3O4.C24H23Cl2N3O4/c1-5-34-24(32)12-17(4)21-14-29-26(30-20-10-11-23(22(28)13-20)35-16(2)3)31(25(21)33)15-18-6-8-19(27)9-7-18;1-14(2)33-21-9-8-18(11-20(21)26)28-24-27-12-19(15(3)10-22(30)31)23(32)29(24)13-16-4-6-17(25)7-5-16/h6-14,16H,5,15H2,1-4H3,(H,29,30);4-12,14H,13H2,1-3H3,(H,27,28)(H,30,31)/b17-12+;15-10+. The van der Waals surface area contributed by atoms with Crippen molar-refractivity contribution in [1.82, 2.24) is 19.1 Å². The Hall–Kier alpha value is -6.58. The molecule has 0 spiro atoms. The zero-order chi connectivity index (χ0) is 49.7. The first-order valence-electron chi connectivity index (χ1n) is 21.2. The average Bonchev–Trinajstić information content (AvgIpc) is 3.26. The number of nitrogens with zero attached hydrogens (tertiary/aromatic N) is 4. The molecule has 0 radical (unpaired) electrons. The van der Waals surface area contributed by atoms with E-state index in [0.717, 1.165) is 17.2 Å². The molecule has 4 aromatic carbocycles. The van der Waals surface area contributed by atoms with Gasteiger partial charge in [0.25, 0.3) is 11.1 Å². The van der Waals surface area contributed by atoms with Gasteiger partial charge in [0.2, 0.25) is 11.9 Å². The molecule has 0 saturated heterocycles. The van der Waals surface area contributed by atoms with Crippen LogP contribution in [0.3, 0.4) is 0 Å². The Morgan fingerprint density at radius 2 is 1.04 bits per heavy atom. The minimum absolute atomic E-state index is 0.0176. The van der Waals surface area contributed by atoms with Gasteiger partial charge in [0, 0.05) is 46.0 Å². The van der Waals surface area contributed by atoms with E-state index in [1.807, 2.05) is 39.8 Å². The molecule has 0 saturated carbocycles. The van der Waals surface area contributed by atoms with Crippen molar-refractivity contribution in [1.29, 1.82) is 0 Å². The quantitative estimate of drug-likeness (QED) is 0.0583. The van der Waals surface area contributed by atoms with E-state index in [9.17, 15) is 19.2 Å². The van der Waals surface area contributed by atoms with E-state index < -0.39 is 11.9 Å². The molecule has 6 aromatic rings. The van der Waals surface area contributed by atoms with Crippen molar-refractivity contribution < 1.29 is 28.9 Å². The van der Waals surface area contributed by atoms with Crippen LogP contribution in [0.15, 0.2) is 119 Å². The van der Waals surface area contributed by atoms with Crippen molar-refractivity contribution in [3.63, 3.8) is 0 Å². The summed E-state index contributed by atoms with van der Waals surface area (Å²) in [6.45, 7) is 13.3. The maximum Gasteiger partial charge on any atom is 0.331 e. The van der Waals surface area contributed by atoms with Crippen LogP contribution in [-0.4, -0.2) is 55.0 Å². The number of carbonyl (C=O) groups is 2. The summed E-state index contributed by atoms with van der Waals surface area (Å²) >= 11 is 24.7. The van der Waals surface area contributed by atoms with E-state index in [1.165, 1.54) is 27.6 Å². The molecular weight excluding hydrogens is 954 g/mol. The highest BCUT2D eigenvalue weighted by atomic mass is 35.5. The maximum absolute atomic E-state index is 13.5. The molecule has 68 heavy (non-hydrogen) atoms. The van der Waals surface area contributed by atoms with Crippen molar-refractivity contribution >= 4 is 92.8 Å². The monoisotopic (exact) mass is 1000 g/mol. The molecule has 2 heterocycles. The van der Waals surface area contributed by atoms with Gasteiger partial charge in [-0.25, -0.2) is 19.6 Å². The van der Waals surface area contributed by atoms with E-state index in [1.54, 1.807) is 93.6 Å². The smallest absolute Gasteiger partial charge is 0.331 e. The molecule has 0 fully saturated rings.